The highest BCUT2D eigenvalue weighted by Gasteiger charge is 2.59. The zero-order chi connectivity index (χ0) is 20.0. The van der Waals surface area contributed by atoms with Gasteiger partial charge in [-0.15, -0.1) is 5.76 Å². The van der Waals surface area contributed by atoms with Crippen LogP contribution in [-0.2, 0) is 20.9 Å². The summed E-state index contributed by atoms with van der Waals surface area (Å²) in [6.45, 7) is 7.49. The Morgan fingerprint density at radius 3 is 1.89 bits per heavy atom. The molecule has 0 atom stereocenters. The Morgan fingerprint density at radius 2 is 1.37 bits per heavy atom. The number of Topliss-reactive ketones (excluding diaryl/α,β-unsaturated/α-hetero) is 3. The molecule has 0 aliphatic heterocycles. The third-order valence-electron chi connectivity index (χ3n) is 5.69. The number of pyridine rings is 1. The third kappa shape index (κ3) is 3.47. The highest BCUT2D eigenvalue weighted by molar-refractivity contribution is 6.19. The maximum atomic E-state index is 13.3. The number of hydrogen-bond acceptors (Lipinski definition) is 4. The van der Waals surface area contributed by atoms with Crippen LogP contribution in [-0.4, -0.2) is 17.3 Å². The lowest BCUT2D eigenvalue weighted by molar-refractivity contribution is -0.703. The number of nitrogens with zero attached hydrogens (tertiary/aromatic N) is 1. The molecule has 2 aliphatic rings. The fraction of sp³-hybridized carbons (Fsp3) is 0.545. The summed E-state index contributed by atoms with van der Waals surface area (Å²) in [6.07, 6.45) is 4.23. The summed E-state index contributed by atoms with van der Waals surface area (Å²) in [7, 11) is 0. The van der Waals surface area contributed by atoms with Crippen LogP contribution in [0.1, 0.15) is 53.4 Å². The molecule has 5 heteroatoms. The first-order chi connectivity index (χ1) is 12.5. The van der Waals surface area contributed by atoms with E-state index in [0.29, 0.717) is 0 Å². The van der Waals surface area contributed by atoms with Gasteiger partial charge in [0.25, 0.3) is 0 Å². The number of rotatable bonds is 3. The van der Waals surface area contributed by atoms with Gasteiger partial charge in [0.1, 0.15) is 0 Å². The average Bonchev–Trinajstić information content (AvgIpc) is 2.50. The van der Waals surface area contributed by atoms with Gasteiger partial charge in [-0.1, -0.05) is 33.8 Å². The zero-order valence-electron chi connectivity index (χ0n) is 16.5. The fourth-order valence-electron chi connectivity index (χ4n) is 4.48. The minimum Gasteiger partial charge on any atom is -0.875 e. The first kappa shape index (κ1) is 19.5. The van der Waals surface area contributed by atoms with E-state index in [9.17, 15) is 19.5 Å². The molecule has 1 fully saturated rings. The van der Waals surface area contributed by atoms with Gasteiger partial charge in [0.15, 0.2) is 41.7 Å². The Kier molecular flexibility index (Phi) is 4.61. The summed E-state index contributed by atoms with van der Waals surface area (Å²) in [5.41, 5.74) is -2.64. The van der Waals surface area contributed by atoms with Gasteiger partial charge in [0, 0.05) is 37.0 Å². The van der Waals surface area contributed by atoms with Crippen LogP contribution in [0.3, 0.4) is 0 Å². The van der Waals surface area contributed by atoms with Crippen molar-refractivity contribution in [1.29, 1.82) is 0 Å². The zero-order valence-corrected chi connectivity index (χ0v) is 16.5. The van der Waals surface area contributed by atoms with Crippen molar-refractivity contribution in [3.05, 3.63) is 41.9 Å². The summed E-state index contributed by atoms with van der Waals surface area (Å²) in [4.78, 5) is 39.7. The Labute approximate surface area is 160 Å². The van der Waals surface area contributed by atoms with Crippen molar-refractivity contribution in [3.8, 4) is 0 Å². The molecule has 1 aromatic rings. The first-order valence-electron chi connectivity index (χ1n) is 9.41. The largest absolute Gasteiger partial charge is 0.875 e. The van der Waals surface area contributed by atoms with Crippen LogP contribution in [0, 0.1) is 16.2 Å². The second-order valence-electron chi connectivity index (χ2n) is 9.56. The molecule has 144 valence electrons. The van der Waals surface area contributed by atoms with Gasteiger partial charge in [-0.25, -0.2) is 4.57 Å². The number of ketones is 3. The summed E-state index contributed by atoms with van der Waals surface area (Å²) in [5.74, 6) is -1.32. The standard InChI is InChI=1S/C22H27NO4/c1-20(2)10-15(24)19(16(25)11-20)22(14-23-8-6-5-7-9-23)17(26)12-21(3,4)13-18(22)27/h5-9H,10-14H2,1-4H3. The van der Waals surface area contributed by atoms with Crippen molar-refractivity contribution in [2.45, 2.75) is 59.9 Å². The van der Waals surface area contributed by atoms with Crippen LogP contribution in [0.5, 0.6) is 0 Å². The molecular formula is C22H27NO4. The van der Waals surface area contributed by atoms with E-state index in [-0.39, 0.29) is 60.9 Å². The number of carbonyl (C=O) groups excluding carboxylic acids is 3. The van der Waals surface area contributed by atoms with Crippen molar-refractivity contribution in [2.75, 3.05) is 0 Å². The Hall–Kier alpha value is -2.30. The SMILES string of the molecule is CC1(C)CC(=O)C(C[n+]2ccccc2)(C2=C([O-])CC(C)(C)CC2=O)C(=O)C1. The Balaban J connectivity index is 2.19. The number of aromatic nitrogens is 1. The highest BCUT2D eigenvalue weighted by Crippen LogP contribution is 2.49. The molecule has 0 saturated heterocycles. The molecule has 1 saturated carbocycles. The van der Waals surface area contributed by atoms with E-state index >= 15 is 0 Å². The molecule has 3 rings (SSSR count). The quantitative estimate of drug-likeness (QED) is 0.602. The van der Waals surface area contributed by atoms with Crippen LogP contribution >= 0.6 is 0 Å². The maximum Gasteiger partial charge on any atom is 0.173 e. The topological polar surface area (TPSA) is 78.2 Å². The molecule has 0 amide bonds. The molecule has 1 heterocycles. The lowest BCUT2D eigenvalue weighted by atomic mass is 9.57. The van der Waals surface area contributed by atoms with Crippen molar-refractivity contribution >= 4 is 17.3 Å². The van der Waals surface area contributed by atoms with Gasteiger partial charge in [-0.2, -0.15) is 0 Å². The third-order valence-corrected chi connectivity index (χ3v) is 5.69. The number of allylic oxidation sites excluding steroid dienone is 2. The summed E-state index contributed by atoms with van der Waals surface area (Å²) >= 11 is 0. The number of hydrogen-bond donors (Lipinski definition) is 0. The van der Waals surface area contributed by atoms with Crippen molar-refractivity contribution < 1.29 is 24.1 Å². The Bertz CT molecular complexity index is 813. The van der Waals surface area contributed by atoms with Crippen LogP contribution in [0.25, 0.3) is 0 Å². The summed E-state index contributed by atoms with van der Waals surface area (Å²) < 4.78 is 1.72. The maximum absolute atomic E-state index is 13.3. The van der Waals surface area contributed by atoms with E-state index in [1.807, 2.05) is 33.8 Å². The summed E-state index contributed by atoms with van der Waals surface area (Å²) in [5, 5.41) is 13.0. The monoisotopic (exact) mass is 369 g/mol. The average molecular weight is 369 g/mol. The van der Waals surface area contributed by atoms with E-state index in [4.69, 9.17) is 0 Å². The Morgan fingerprint density at radius 1 is 0.852 bits per heavy atom. The minimum absolute atomic E-state index is 0.00876. The van der Waals surface area contributed by atoms with Gasteiger partial charge in [-0.05, 0) is 17.3 Å². The molecule has 27 heavy (non-hydrogen) atoms. The molecule has 5 nitrogen and oxygen atoms in total. The van der Waals surface area contributed by atoms with Crippen LogP contribution in [0.15, 0.2) is 41.9 Å². The van der Waals surface area contributed by atoms with Crippen molar-refractivity contribution in [1.82, 2.24) is 0 Å². The van der Waals surface area contributed by atoms with E-state index in [1.165, 1.54) is 0 Å². The smallest absolute Gasteiger partial charge is 0.173 e. The molecular weight excluding hydrogens is 342 g/mol. The molecule has 0 aromatic carbocycles. The molecule has 2 aliphatic carbocycles. The molecule has 1 aromatic heterocycles. The van der Waals surface area contributed by atoms with Crippen LogP contribution < -0.4 is 9.67 Å². The molecule has 0 N–H and O–H groups in total. The van der Waals surface area contributed by atoms with E-state index in [1.54, 1.807) is 29.1 Å². The van der Waals surface area contributed by atoms with Gasteiger partial charge in [-0.3, -0.25) is 14.4 Å². The molecule has 0 radical (unpaired) electrons. The second-order valence-corrected chi connectivity index (χ2v) is 9.56. The molecule has 0 bridgehead atoms. The van der Waals surface area contributed by atoms with Crippen molar-refractivity contribution in [3.63, 3.8) is 0 Å². The molecule has 0 unspecified atom stereocenters. The molecule has 0 spiro atoms. The van der Waals surface area contributed by atoms with E-state index in [2.05, 4.69) is 0 Å². The van der Waals surface area contributed by atoms with Gasteiger partial charge >= 0.3 is 0 Å². The van der Waals surface area contributed by atoms with Gasteiger partial charge < -0.3 is 5.11 Å². The lowest BCUT2D eigenvalue weighted by Crippen LogP contribution is -2.59. The first-order valence-corrected chi connectivity index (χ1v) is 9.41. The predicted octanol–water partition coefficient (Wildman–Crippen LogP) is 1.92. The van der Waals surface area contributed by atoms with E-state index < -0.39 is 16.2 Å². The van der Waals surface area contributed by atoms with E-state index in [0.717, 1.165) is 0 Å². The predicted molar refractivity (Wildman–Crippen MR) is 97.1 cm³/mol. The fourth-order valence-corrected chi connectivity index (χ4v) is 4.48. The van der Waals surface area contributed by atoms with Gasteiger partial charge in [0.2, 0.25) is 0 Å². The second kappa shape index (κ2) is 6.39. The normalized spacial score (nSPS) is 24.2. The van der Waals surface area contributed by atoms with Gasteiger partial charge in [0.05, 0.1) is 0 Å². The van der Waals surface area contributed by atoms with Crippen molar-refractivity contribution in [2.24, 2.45) is 16.2 Å². The van der Waals surface area contributed by atoms with Crippen LogP contribution in [0.2, 0.25) is 0 Å². The van der Waals surface area contributed by atoms with Crippen LogP contribution in [0.4, 0.5) is 0 Å². The number of carbonyl (C=O) groups is 3. The minimum atomic E-state index is -1.66. The highest BCUT2D eigenvalue weighted by atomic mass is 16.3. The summed E-state index contributed by atoms with van der Waals surface area (Å²) in [6, 6.07) is 5.44. The lowest BCUT2D eigenvalue weighted by Gasteiger charge is -2.45.